The topological polar surface area (TPSA) is 124 Å². The predicted molar refractivity (Wildman–Crippen MR) is 136 cm³/mol. The van der Waals surface area contributed by atoms with E-state index in [1.807, 2.05) is 0 Å². The highest BCUT2D eigenvalue weighted by atomic mass is 32.2. The minimum atomic E-state index is -3.96. The summed E-state index contributed by atoms with van der Waals surface area (Å²) < 4.78 is 51.6. The van der Waals surface area contributed by atoms with Crippen LogP contribution in [0.4, 0.5) is 4.39 Å². The number of allylic oxidation sites excluding steroid dienone is 4. The van der Waals surface area contributed by atoms with Gasteiger partial charge >= 0.3 is 5.97 Å². The van der Waals surface area contributed by atoms with Gasteiger partial charge in [0.2, 0.25) is 5.78 Å². The Balaban J connectivity index is 1.82. The van der Waals surface area contributed by atoms with Crippen LogP contribution in [0.2, 0.25) is 0 Å². The second kappa shape index (κ2) is 9.27. The summed E-state index contributed by atoms with van der Waals surface area (Å²) in [6, 6.07) is 0. The molecule has 4 rings (SSSR count). The third-order valence-electron chi connectivity index (χ3n) is 9.54. The van der Waals surface area contributed by atoms with E-state index in [1.165, 1.54) is 23.9 Å². The number of carbonyl (C=O) groups is 3. The van der Waals surface area contributed by atoms with Gasteiger partial charge in [-0.05, 0) is 56.9 Å². The first-order valence-corrected chi connectivity index (χ1v) is 15.7. The van der Waals surface area contributed by atoms with Crippen molar-refractivity contribution in [2.75, 3.05) is 24.9 Å². The molecule has 0 aromatic carbocycles. The van der Waals surface area contributed by atoms with Crippen molar-refractivity contribution in [2.24, 2.45) is 28.6 Å². The Morgan fingerprint density at radius 1 is 1.27 bits per heavy atom. The Hall–Kier alpha value is -1.56. The molecular weight excluding hydrogens is 523 g/mol. The lowest BCUT2D eigenvalue weighted by Crippen LogP contribution is -2.70. The summed E-state index contributed by atoms with van der Waals surface area (Å²) in [4.78, 5) is 38.7. The van der Waals surface area contributed by atoms with E-state index in [0.717, 1.165) is 6.26 Å². The van der Waals surface area contributed by atoms with E-state index in [2.05, 4.69) is 0 Å². The van der Waals surface area contributed by atoms with Gasteiger partial charge in [-0.2, -0.15) is 20.2 Å². The van der Waals surface area contributed by atoms with Crippen molar-refractivity contribution < 1.29 is 41.2 Å². The average molecular weight is 559 g/mol. The van der Waals surface area contributed by atoms with Crippen LogP contribution in [0.1, 0.15) is 46.5 Å². The fourth-order valence-electron chi connectivity index (χ4n) is 7.99. The first kappa shape index (κ1) is 28.4. The Morgan fingerprint density at radius 3 is 2.57 bits per heavy atom. The molecule has 4 aliphatic rings. The summed E-state index contributed by atoms with van der Waals surface area (Å²) in [7, 11) is -3.96. The van der Waals surface area contributed by atoms with Gasteiger partial charge in [-0.25, -0.2) is 4.39 Å². The van der Waals surface area contributed by atoms with Crippen molar-refractivity contribution in [1.82, 2.24) is 0 Å². The molecule has 0 aliphatic heterocycles. The number of esters is 1. The minimum absolute atomic E-state index is 0.0283. The molecule has 0 aromatic heterocycles. The van der Waals surface area contributed by atoms with Crippen LogP contribution in [-0.2, 0) is 33.4 Å². The van der Waals surface area contributed by atoms with Crippen LogP contribution in [0, 0.1) is 28.6 Å². The van der Waals surface area contributed by atoms with Gasteiger partial charge in [-0.3, -0.25) is 18.6 Å². The summed E-state index contributed by atoms with van der Waals surface area (Å²) in [6.45, 7) is 4.36. The molecule has 0 bridgehead atoms. The lowest BCUT2D eigenvalue weighted by Gasteiger charge is -2.62. The number of ether oxygens (including phenoxy) is 1. The normalized spacial score (nSPS) is 42.9. The average Bonchev–Trinajstić information content (AvgIpc) is 3.00. The molecule has 0 saturated heterocycles. The molecule has 0 radical (unpaired) electrons. The van der Waals surface area contributed by atoms with Gasteiger partial charge in [0.15, 0.2) is 17.1 Å². The number of aliphatic hydroxyl groups excluding tert-OH is 1. The summed E-state index contributed by atoms with van der Waals surface area (Å²) in [5.74, 6) is -3.32. The second-order valence-corrected chi connectivity index (χ2v) is 13.9. The zero-order valence-electron chi connectivity index (χ0n) is 21.8. The van der Waals surface area contributed by atoms with Gasteiger partial charge < -0.3 is 9.84 Å². The quantitative estimate of drug-likeness (QED) is 0.371. The maximum atomic E-state index is 17.4. The van der Waals surface area contributed by atoms with Gasteiger partial charge in [0.05, 0.1) is 18.1 Å². The molecule has 37 heavy (non-hydrogen) atoms. The van der Waals surface area contributed by atoms with Crippen molar-refractivity contribution >= 4 is 39.4 Å². The van der Waals surface area contributed by atoms with E-state index in [9.17, 15) is 27.9 Å². The SMILES string of the molecule is CSCC(=O)O[C@]1(C(=O)COS(C)(=O)=O)[C@H](C)C[C@H]2[C@@H]3CCC4=CC(=O)C=C[C@]4(C)[C@@]3(F)[C@@H](O)C[C@@]21C. The molecule has 11 heteroatoms. The molecule has 0 spiro atoms. The zero-order chi connectivity index (χ0) is 27.6. The van der Waals surface area contributed by atoms with Crippen molar-refractivity contribution in [3.8, 4) is 0 Å². The number of thioether (sulfide) groups is 1. The minimum Gasteiger partial charge on any atom is -0.449 e. The first-order valence-electron chi connectivity index (χ1n) is 12.5. The predicted octanol–water partition coefficient (Wildman–Crippen LogP) is 2.79. The molecule has 3 saturated carbocycles. The zero-order valence-corrected chi connectivity index (χ0v) is 23.4. The Morgan fingerprint density at radius 2 is 1.95 bits per heavy atom. The van der Waals surface area contributed by atoms with E-state index in [0.29, 0.717) is 24.8 Å². The fourth-order valence-corrected chi connectivity index (χ4v) is 8.61. The molecule has 4 aliphatic carbocycles. The van der Waals surface area contributed by atoms with E-state index in [4.69, 9.17) is 8.92 Å². The highest BCUT2D eigenvalue weighted by Crippen LogP contribution is 2.71. The third-order valence-corrected chi connectivity index (χ3v) is 10.6. The maximum Gasteiger partial charge on any atom is 0.316 e. The summed E-state index contributed by atoms with van der Waals surface area (Å²) >= 11 is 1.22. The summed E-state index contributed by atoms with van der Waals surface area (Å²) in [5, 5.41) is 11.5. The fraction of sp³-hybridized carbons (Fsp3) is 0.731. The Kier molecular flexibility index (Phi) is 7.13. The number of halogens is 1. The lowest BCUT2D eigenvalue weighted by atomic mass is 9.44. The monoisotopic (exact) mass is 558 g/mol. The molecule has 8 nitrogen and oxygen atoms in total. The van der Waals surface area contributed by atoms with E-state index in [1.54, 1.807) is 33.1 Å². The number of hydrogen-bond donors (Lipinski definition) is 1. The molecule has 0 aromatic rings. The van der Waals surface area contributed by atoms with E-state index in [-0.39, 0.29) is 18.0 Å². The molecule has 1 N–H and O–H groups in total. The molecule has 0 unspecified atom stereocenters. The molecule has 3 fully saturated rings. The summed E-state index contributed by atoms with van der Waals surface area (Å²) in [5.41, 5.74) is -5.64. The van der Waals surface area contributed by atoms with Crippen molar-refractivity contribution in [3.05, 3.63) is 23.8 Å². The summed E-state index contributed by atoms with van der Waals surface area (Å²) in [6.07, 6.45) is 6.33. The van der Waals surface area contributed by atoms with Crippen LogP contribution in [0.5, 0.6) is 0 Å². The van der Waals surface area contributed by atoms with Gasteiger partial charge in [0, 0.05) is 22.7 Å². The number of hydrogen-bond acceptors (Lipinski definition) is 9. The first-order chi connectivity index (χ1) is 17.1. The second-order valence-electron chi connectivity index (χ2n) is 11.4. The third kappa shape index (κ3) is 4.06. The number of carbonyl (C=O) groups excluding carboxylic acids is 3. The van der Waals surface area contributed by atoms with Crippen molar-refractivity contribution in [2.45, 2.75) is 63.8 Å². The van der Waals surface area contributed by atoms with Crippen LogP contribution in [0.15, 0.2) is 23.8 Å². The highest BCUT2D eigenvalue weighted by Gasteiger charge is 2.77. The number of alkyl halides is 1. The number of fused-ring (bicyclic) bond motifs is 5. The van der Waals surface area contributed by atoms with Gasteiger partial charge in [0.25, 0.3) is 10.1 Å². The molecular formula is C26H35FO8S2. The molecule has 8 atom stereocenters. The largest absolute Gasteiger partial charge is 0.449 e. The van der Waals surface area contributed by atoms with E-state index < -0.39 is 74.4 Å². The smallest absolute Gasteiger partial charge is 0.316 e. The van der Waals surface area contributed by atoms with Crippen molar-refractivity contribution in [1.29, 1.82) is 0 Å². The molecule has 206 valence electrons. The number of ketones is 2. The number of aliphatic hydroxyl groups is 1. The van der Waals surface area contributed by atoms with Crippen molar-refractivity contribution in [3.63, 3.8) is 0 Å². The molecule has 0 amide bonds. The number of Topliss-reactive ketones (excluding diaryl/α,β-unsaturated/α-hetero) is 1. The maximum absolute atomic E-state index is 17.4. The van der Waals surface area contributed by atoms with Gasteiger partial charge in [-0.15, -0.1) is 0 Å². The molecule has 0 heterocycles. The van der Waals surface area contributed by atoms with Crippen LogP contribution in [-0.4, -0.2) is 73.3 Å². The van der Waals surface area contributed by atoms with Crippen LogP contribution in [0.3, 0.4) is 0 Å². The Bertz CT molecular complexity index is 1180. The van der Waals surface area contributed by atoms with E-state index >= 15 is 4.39 Å². The van der Waals surface area contributed by atoms with Gasteiger partial charge in [0.1, 0.15) is 6.61 Å². The van der Waals surface area contributed by atoms with Gasteiger partial charge in [-0.1, -0.05) is 25.5 Å². The standard InChI is InChI=1S/C26H35FO8S2/c1-15-10-19-18-7-6-16-11-17(28)8-9-23(16,2)25(18,27)20(29)12-24(19,3)26(15,35-22(31)14-36-4)21(30)13-34-37(5,32)33/h8-9,11,15,18-20,29H,6-7,10,12-14H2,1-5H3/t15-,18+,19+,20+,23+,24+,25+,26+/m1/s1. The van der Waals surface area contributed by atoms with Crippen LogP contribution < -0.4 is 0 Å². The number of rotatable bonds is 7. The van der Waals surface area contributed by atoms with Crippen LogP contribution in [0.25, 0.3) is 0 Å². The highest BCUT2D eigenvalue weighted by molar-refractivity contribution is 7.99. The van der Waals surface area contributed by atoms with Crippen LogP contribution >= 0.6 is 11.8 Å². The Labute approximate surface area is 221 Å². The lowest BCUT2D eigenvalue weighted by molar-refractivity contribution is -0.227.